The van der Waals surface area contributed by atoms with Crippen molar-refractivity contribution in [3.05, 3.63) is 0 Å². The molecule has 1 saturated heterocycles. The summed E-state index contributed by atoms with van der Waals surface area (Å²) in [5.74, 6) is -1.08. The number of hydrogen-bond donors (Lipinski definition) is 1. The largest absolute Gasteiger partial charge is 0.391 e. The van der Waals surface area contributed by atoms with Gasteiger partial charge in [-0.15, -0.1) is 0 Å². The Labute approximate surface area is 102 Å². The summed E-state index contributed by atoms with van der Waals surface area (Å²) < 4.78 is 37.5. The van der Waals surface area contributed by atoms with E-state index in [9.17, 15) is 13.2 Å². The smallest absolute Gasteiger partial charge is 0.317 e. The van der Waals surface area contributed by atoms with Crippen LogP contribution < -0.4 is 5.32 Å². The highest BCUT2D eigenvalue weighted by molar-refractivity contribution is 4.80. The first kappa shape index (κ1) is 14.8. The lowest BCUT2D eigenvalue weighted by Crippen LogP contribution is -2.44. The lowest BCUT2D eigenvalue weighted by molar-refractivity contribution is -0.186. The van der Waals surface area contributed by atoms with Crippen LogP contribution in [0, 0.1) is 5.92 Å². The summed E-state index contributed by atoms with van der Waals surface area (Å²) in [6, 6.07) is 0.378. The second-order valence-electron chi connectivity index (χ2n) is 4.84. The highest BCUT2D eigenvalue weighted by Crippen LogP contribution is 2.34. The number of likely N-dealkylation sites (tertiary alicyclic amines) is 1. The standard InChI is InChI=1S/C12H23F3N2/c1-3-16-7-4-10(2)17-8-5-11(6-9-17)12(13,14)15/h10-11,16H,3-9H2,1-2H3. The molecular weight excluding hydrogens is 229 g/mol. The van der Waals surface area contributed by atoms with Gasteiger partial charge in [-0.3, -0.25) is 0 Å². The summed E-state index contributed by atoms with van der Waals surface area (Å²) in [6.45, 7) is 7.21. The van der Waals surface area contributed by atoms with Crippen LogP contribution in [0.1, 0.15) is 33.1 Å². The zero-order valence-corrected chi connectivity index (χ0v) is 10.7. The first-order valence-electron chi connectivity index (χ1n) is 6.46. The fourth-order valence-electron chi connectivity index (χ4n) is 2.34. The summed E-state index contributed by atoms with van der Waals surface area (Å²) in [5, 5.41) is 3.24. The van der Waals surface area contributed by atoms with Gasteiger partial charge in [-0.1, -0.05) is 6.92 Å². The second kappa shape index (κ2) is 6.59. The molecule has 2 nitrogen and oxygen atoms in total. The Morgan fingerprint density at radius 3 is 2.35 bits per heavy atom. The molecule has 1 aliphatic rings. The lowest BCUT2D eigenvalue weighted by Gasteiger charge is -2.36. The molecule has 17 heavy (non-hydrogen) atoms. The van der Waals surface area contributed by atoms with E-state index in [1.165, 1.54) is 0 Å². The molecule has 0 aromatic rings. The van der Waals surface area contributed by atoms with E-state index in [0.29, 0.717) is 19.1 Å². The van der Waals surface area contributed by atoms with E-state index in [0.717, 1.165) is 19.5 Å². The van der Waals surface area contributed by atoms with Crippen molar-refractivity contribution in [2.45, 2.75) is 45.3 Å². The van der Waals surface area contributed by atoms with Crippen LogP contribution in [0.4, 0.5) is 13.2 Å². The number of hydrogen-bond acceptors (Lipinski definition) is 2. The molecule has 1 N–H and O–H groups in total. The van der Waals surface area contributed by atoms with Gasteiger partial charge in [0, 0.05) is 6.04 Å². The minimum Gasteiger partial charge on any atom is -0.317 e. The average Bonchev–Trinajstić information content (AvgIpc) is 2.28. The highest BCUT2D eigenvalue weighted by Gasteiger charge is 2.41. The molecule has 0 aromatic heterocycles. The van der Waals surface area contributed by atoms with Crippen molar-refractivity contribution in [3.8, 4) is 0 Å². The molecule has 1 atom stereocenters. The fourth-order valence-corrected chi connectivity index (χ4v) is 2.34. The molecule has 1 rings (SSSR count). The van der Waals surface area contributed by atoms with Crippen LogP contribution >= 0.6 is 0 Å². The third kappa shape index (κ3) is 4.84. The summed E-state index contributed by atoms with van der Waals surface area (Å²) in [7, 11) is 0. The molecule has 1 fully saturated rings. The molecule has 0 saturated carbocycles. The minimum absolute atomic E-state index is 0.259. The average molecular weight is 252 g/mol. The van der Waals surface area contributed by atoms with Crippen molar-refractivity contribution < 1.29 is 13.2 Å². The van der Waals surface area contributed by atoms with Crippen LogP contribution in [0.3, 0.4) is 0 Å². The van der Waals surface area contributed by atoms with Gasteiger partial charge in [-0.25, -0.2) is 0 Å². The normalized spacial score (nSPS) is 21.7. The van der Waals surface area contributed by atoms with Gasteiger partial charge in [0.25, 0.3) is 0 Å². The van der Waals surface area contributed by atoms with E-state index in [1.54, 1.807) is 0 Å². The van der Waals surface area contributed by atoms with Gasteiger partial charge in [0.1, 0.15) is 0 Å². The van der Waals surface area contributed by atoms with Crippen molar-refractivity contribution in [2.24, 2.45) is 5.92 Å². The molecule has 0 radical (unpaired) electrons. The van der Waals surface area contributed by atoms with Gasteiger partial charge < -0.3 is 10.2 Å². The number of alkyl halides is 3. The minimum atomic E-state index is -4.00. The molecule has 1 heterocycles. The molecule has 0 amide bonds. The van der Waals surface area contributed by atoms with Crippen molar-refractivity contribution in [2.75, 3.05) is 26.2 Å². The van der Waals surface area contributed by atoms with Gasteiger partial charge in [0.2, 0.25) is 0 Å². The second-order valence-corrected chi connectivity index (χ2v) is 4.84. The van der Waals surface area contributed by atoms with Crippen LogP contribution in [-0.4, -0.2) is 43.3 Å². The third-order valence-corrected chi connectivity index (χ3v) is 3.60. The maximum absolute atomic E-state index is 12.5. The Balaban J connectivity index is 2.26. The number of piperidine rings is 1. The number of rotatable bonds is 5. The molecule has 102 valence electrons. The SMILES string of the molecule is CCNCCC(C)N1CCC(C(F)(F)F)CC1. The molecule has 0 bridgehead atoms. The molecule has 5 heteroatoms. The predicted octanol–water partition coefficient (Wildman–Crippen LogP) is 2.65. The van der Waals surface area contributed by atoms with Gasteiger partial charge >= 0.3 is 6.18 Å². The summed E-state index contributed by atoms with van der Waals surface area (Å²) in [6.07, 6.45) is -2.48. The third-order valence-electron chi connectivity index (χ3n) is 3.60. The zero-order valence-electron chi connectivity index (χ0n) is 10.7. The fraction of sp³-hybridized carbons (Fsp3) is 1.00. The van der Waals surface area contributed by atoms with Crippen molar-refractivity contribution in [1.29, 1.82) is 0 Å². The molecule has 0 spiro atoms. The van der Waals surface area contributed by atoms with E-state index in [2.05, 4.69) is 24.1 Å². The Bertz CT molecular complexity index is 210. The number of nitrogens with zero attached hydrogens (tertiary/aromatic N) is 1. The van der Waals surface area contributed by atoms with Gasteiger partial charge in [-0.2, -0.15) is 13.2 Å². The maximum atomic E-state index is 12.5. The van der Waals surface area contributed by atoms with Crippen LogP contribution in [-0.2, 0) is 0 Å². The highest BCUT2D eigenvalue weighted by atomic mass is 19.4. The molecule has 1 aliphatic heterocycles. The molecule has 0 aromatic carbocycles. The molecule has 1 unspecified atom stereocenters. The topological polar surface area (TPSA) is 15.3 Å². The van der Waals surface area contributed by atoms with Gasteiger partial charge in [0.05, 0.1) is 5.92 Å². The van der Waals surface area contributed by atoms with E-state index in [-0.39, 0.29) is 12.8 Å². The number of halogens is 3. The van der Waals surface area contributed by atoms with Crippen molar-refractivity contribution in [1.82, 2.24) is 10.2 Å². The van der Waals surface area contributed by atoms with Crippen LogP contribution in [0.2, 0.25) is 0 Å². The summed E-state index contributed by atoms with van der Waals surface area (Å²) >= 11 is 0. The monoisotopic (exact) mass is 252 g/mol. The quantitative estimate of drug-likeness (QED) is 0.757. The molecular formula is C12H23F3N2. The summed E-state index contributed by atoms with van der Waals surface area (Å²) in [5.41, 5.74) is 0. The van der Waals surface area contributed by atoms with Gasteiger partial charge in [-0.05, 0) is 52.4 Å². The van der Waals surface area contributed by atoms with Gasteiger partial charge in [0.15, 0.2) is 0 Å². The lowest BCUT2D eigenvalue weighted by atomic mass is 9.95. The Morgan fingerprint density at radius 1 is 1.29 bits per heavy atom. The van der Waals surface area contributed by atoms with Crippen molar-refractivity contribution in [3.63, 3.8) is 0 Å². The van der Waals surface area contributed by atoms with Crippen LogP contribution in [0.15, 0.2) is 0 Å². The van der Waals surface area contributed by atoms with E-state index < -0.39 is 12.1 Å². The zero-order chi connectivity index (χ0) is 12.9. The predicted molar refractivity (Wildman–Crippen MR) is 63.0 cm³/mol. The van der Waals surface area contributed by atoms with E-state index in [4.69, 9.17) is 0 Å². The summed E-state index contributed by atoms with van der Waals surface area (Å²) in [4.78, 5) is 2.18. The van der Waals surface area contributed by atoms with Crippen LogP contribution in [0.5, 0.6) is 0 Å². The molecule has 0 aliphatic carbocycles. The Morgan fingerprint density at radius 2 is 1.88 bits per heavy atom. The van der Waals surface area contributed by atoms with E-state index >= 15 is 0 Å². The number of nitrogens with one attached hydrogen (secondary N) is 1. The maximum Gasteiger partial charge on any atom is 0.391 e. The first-order valence-corrected chi connectivity index (χ1v) is 6.46. The Hall–Kier alpha value is -0.290. The Kier molecular flexibility index (Phi) is 5.73. The van der Waals surface area contributed by atoms with Crippen molar-refractivity contribution >= 4 is 0 Å². The van der Waals surface area contributed by atoms with Crippen LogP contribution in [0.25, 0.3) is 0 Å². The van der Waals surface area contributed by atoms with E-state index in [1.807, 2.05) is 0 Å². The first-order chi connectivity index (χ1) is 7.95.